The van der Waals surface area contributed by atoms with Crippen molar-refractivity contribution in [3.8, 4) is 11.5 Å². The first kappa shape index (κ1) is 27.1. The van der Waals surface area contributed by atoms with Gasteiger partial charge in [0.1, 0.15) is 17.3 Å². The first-order valence-corrected chi connectivity index (χ1v) is 11.0. The van der Waals surface area contributed by atoms with Crippen molar-refractivity contribution in [1.29, 1.82) is 0 Å². The van der Waals surface area contributed by atoms with E-state index >= 15 is 0 Å². The summed E-state index contributed by atoms with van der Waals surface area (Å²) in [5.41, 5.74) is 0.984. The first-order chi connectivity index (χ1) is 15.6. The molecule has 184 valence electrons. The van der Waals surface area contributed by atoms with E-state index < -0.39 is 0 Å². The minimum atomic E-state index is 0. The van der Waals surface area contributed by atoms with Gasteiger partial charge in [-0.15, -0.1) is 34.2 Å². The quantitative estimate of drug-likeness (QED) is 0.192. The molecule has 0 saturated carbocycles. The summed E-state index contributed by atoms with van der Waals surface area (Å²) in [6.07, 6.45) is 1.02. The number of methoxy groups -OCH3 is 2. The van der Waals surface area contributed by atoms with Gasteiger partial charge in [0.2, 0.25) is 0 Å². The average Bonchev–Trinajstić information content (AvgIpc) is 3.15. The van der Waals surface area contributed by atoms with E-state index in [9.17, 15) is 0 Å². The lowest BCUT2D eigenvalue weighted by Crippen LogP contribution is -2.40. The van der Waals surface area contributed by atoms with Crippen molar-refractivity contribution in [1.82, 2.24) is 30.3 Å². The second-order valence-corrected chi connectivity index (χ2v) is 7.65. The van der Waals surface area contributed by atoms with Crippen LogP contribution in [0.15, 0.2) is 23.2 Å². The predicted molar refractivity (Wildman–Crippen MR) is 139 cm³/mol. The summed E-state index contributed by atoms with van der Waals surface area (Å²) in [6.45, 7) is 8.45. The van der Waals surface area contributed by atoms with Crippen molar-refractivity contribution in [2.45, 2.75) is 26.4 Å². The molecule has 0 bridgehead atoms. The van der Waals surface area contributed by atoms with Gasteiger partial charge in [-0.1, -0.05) is 0 Å². The molecule has 2 N–H and O–H groups in total. The summed E-state index contributed by atoms with van der Waals surface area (Å²) in [7, 11) is 5.26. The molecule has 3 rings (SSSR count). The van der Waals surface area contributed by atoms with Gasteiger partial charge >= 0.3 is 0 Å². The van der Waals surface area contributed by atoms with Gasteiger partial charge in [-0.2, -0.15) is 0 Å². The topological polar surface area (TPSA) is 98.1 Å². The molecule has 0 aliphatic carbocycles. The number of aliphatic imine (C=N–C) groups is 1. The van der Waals surface area contributed by atoms with Gasteiger partial charge in [0.15, 0.2) is 11.8 Å². The zero-order chi connectivity index (χ0) is 22.8. The summed E-state index contributed by atoms with van der Waals surface area (Å²) in [6, 6.07) is 5.76. The Labute approximate surface area is 213 Å². The fourth-order valence-electron chi connectivity index (χ4n) is 3.42. The number of nitrogens with one attached hydrogen (secondary N) is 2. The molecule has 2 aromatic rings. The second-order valence-electron chi connectivity index (χ2n) is 7.65. The Morgan fingerprint density at radius 2 is 1.94 bits per heavy atom. The van der Waals surface area contributed by atoms with Crippen molar-refractivity contribution >= 4 is 29.9 Å². The number of hydrogen-bond acceptors (Lipinski definition) is 7. The van der Waals surface area contributed by atoms with Crippen LogP contribution in [0, 0.1) is 6.92 Å². The van der Waals surface area contributed by atoms with Crippen LogP contribution in [0.1, 0.15) is 23.6 Å². The van der Waals surface area contributed by atoms with Gasteiger partial charge in [0, 0.05) is 38.3 Å². The van der Waals surface area contributed by atoms with E-state index in [1.807, 2.05) is 36.7 Å². The third kappa shape index (κ3) is 8.31. The van der Waals surface area contributed by atoms with Crippen molar-refractivity contribution < 1.29 is 14.2 Å². The molecule has 1 aromatic heterocycles. The number of hydrogen-bond donors (Lipinski definition) is 2. The number of halogens is 1. The molecular weight excluding hydrogens is 537 g/mol. The van der Waals surface area contributed by atoms with E-state index in [1.165, 1.54) is 0 Å². The molecule has 1 saturated heterocycles. The molecule has 11 heteroatoms. The predicted octanol–water partition coefficient (Wildman–Crippen LogP) is 1.72. The Hall–Kier alpha value is -2.12. The van der Waals surface area contributed by atoms with Gasteiger partial charge in [0.05, 0.1) is 40.5 Å². The van der Waals surface area contributed by atoms with Crippen LogP contribution in [0.4, 0.5) is 0 Å². The van der Waals surface area contributed by atoms with E-state index in [2.05, 4.69) is 25.7 Å². The molecule has 0 radical (unpaired) electrons. The van der Waals surface area contributed by atoms with E-state index in [4.69, 9.17) is 19.2 Å². The number of morpholine rings is 1. The van der Waals surface area contributed by atoms with Crippen LogP contribution in [0.5, 0.6) is 11.5 Å². The number of aryl methyl sites for hydroxylation is 1. The largest absolute Gasteiger partial charge is 0.497 e. The zero-order valence-electron chi connectivity index (χ0n) is 20.0. The van der Waals surface area contributed by atoms with E-state index in [1.54, 1.807) is 14.2 Å². The Bertz CT molecular complexity index is 885. The fourth-order valence-corrected chi connectivity index (χ4v) is 3.42. The van der Waals surface area contributed by atoms with Crippen LogP contribution in [-0.4, -0.2) is 79.2 Å². The SMILES string of the molecule is COc1ccc(CN=C(NCCCN2CCOCC2)NCc2nnc(C)n2C)c(OC)c1.I. The summed E-state index contributed by atoms with van der Waals surface area (Å²) in [5.74, 6) is 3.97. The third-order valence-corrected chi connectivity index (χ3v) is 5.55. The lowest BCUT2D eigenvalue weighted by Gasteiger charge is -2.26. The van der Waals surface area contributed by atoms with E-state index in [0.717, 1.165) is 80.5 Å². The highest BCUT2D eigenvalue weighted by Gasteiger charge is 2.11. The Morgan fingerprint density at radius 3 is 2.61 bits per heavy atom. The maximum atomic E-state index is 5.51. The van der Waals surface area contributed by atoms with Crippen LogP contribution < -0.4 is 20.1 Å². The average molecular weight is 573 g/mol. The Kier molecular flexibility index (Phi) is 11.7. The number of guanidine groups is 1. The molecule has 0 atom stereocenters. The lowest BCUT2D eigenvalue weighted by molar-refractivity contribution is 0.0376. The maximum absolute atomic E-state index is 5.51. The molecule has 1 fully saturated rings. The molecule has 10 nitrogen and oxygen atoms in total. The number of rotatable bonds is 10. The number of ether oxygens (including phenoxy) is 3. The van der Waals surface area contributed by atoms with Gasteiger partial charge in [-0.05, 0) is 32.0 Å². The maximum Gasteiger partial charge on any atom is 0.191 e. The van der Waals surface area contributed by atoms with E-state index in [0.29, 0.717) is 13.1 Å². The molecule has 0 unspecified atom stereocenters. The molecule has 1 aromatic carbocycles. The Balaban J connectivity index is 0.00000385. The monoisotopic (exact) mass is 573 g/mol. The van der Waals surface area contributed by atoms with Crippen molar-refractivity contribution in [2.24, 2.45) is 12.0 Å². The Morgan fingerprint density at radius 1 is 1.15 bits per heavy atom. The first-order valence-electron chi connectivity index (χ1n) is 11.0. The number of aromatic nitrogens is 3. The highest BCUT2D eigenvalue weighted by atomic mass is 127. The van der Waals surface area contributed by atoms with Crippen LogP contribution in [0.2, 0.25) is 0 Å². The van der Waals surface area contributed by atoms with Crippen LogP contribution in [0.25, 0.3) is 0 Å². The summed E-state index contributed by atoms with van der Waals surface area (Å²) in [4.78, 5) is 7.21. The lowest BCUT2D eigenvalue weighted by atomic mass is 10.2. The molecule has 0 spiro atoms. The van der Waals surface area contributed by atoms with Crippen LogP contribution in [0.3, 0.4) is 0 Å². The highest BCUT2D eigenvalue weighted by molar-refractivity contribution is 14.0. The van der Waals surface area contributed by atoms with Crippen LogP contribution in [-0.2, 0) is 24.9 Å². The normalized spacial score (nSPS) is 14.5. The molecule has 33 heavy (non-hydrogen) atoms. The molecule has 0 amide bonds. The third-order valence-electron chi connectivity index (χ3n) is 5.55. The molecule has 1 aliphatic rings. The molecule has 1 aliphatic heterocycles. The smallest absolute Gasteiger partial charge is 0.191 e. The van der Waals surface area contributed by atoms with Crippen molar-refractivity contribution in [3.05, 3.63) is 35.4 Å². The van der Waals surface area contributed by atoms with Crippen molar-refractivity contribution in [2.75, 3.05) is 53.6 Å². The van der Waals surface area contributed by atoms with Crippen molar-refractivity contribution in [3.63, 3.8) is 0 Å². The van der Waals surface area contributed by atoms with Gasteiger partial charge in [-0.3, -0.25) is 4.90 Å². The van der Waals surface area contributed by atoms with Crippen LogP contribution >= 0.6 is 24.0 Å². The van der Waals surface area contributed by atoms with E-state index in [-0.39, 0.29) is 24.0 Å². The zero-order valence-corrected chi connectivity index (χ0v) is 22.3. The summed E-state index contributed by atoms with van der Waals surface area (Å²) >= 11 is 0. The minimum Gasteiger partial charge on any atom is -0.497 e. The summed E-state index contributed by atoms with van der Waals surface area (Å²) in [5, 5.41) is 15.2. The standard InChI is InChI=1S/C22H35N7O3.HI/c1-17-26-27-21(28(17)2)16-25-22(23-8-5-9-29-10-12-32-13-11-29)24-15-18-6-7-19(30-3)14-20(18)31-4;/h6-7,14H,5,8-13,15-16H2,1-4H3,(H2,23,24,25);1H. The summed E-state index contributed by atoms with van der Waals surface area (Å²) < 4.78 is 18.2. The molecule has 2 heterocycles. The minimum absolute atomic E-state index is 0. The molecular formula is C22H36IN7O3. The van der Waals surface area contributed by atoms with Gasteiger partial charge < -0.3 is 29.4 Å². The second kappa shape index (κ2) is 14.2. The highest BCUT2D eigenvalue weighted by Crippen LogP contribution is 2.25. The van der Waals surface area contributed by atoms with Gasteiger partial charge in [0.25, 0.3) is 0 Å². The van der Waals surface area contributed by atoms with Gasteiger partial charge in [-0.25, -0.2) is 4.99 Å². The number of benzene rings is 1. The number of nitrogens with zero attached hydrogens (tertiary/aromatic N) is 5. The fraction of sp³-hybridized carbons (Fsp3) is 0.591.